The van der Waals surface area contributed by atoms with Crippen LogP contribution >= 0.6 is 0 Å². The fourth-order valence-corrected chi connectivity index (χ4v) is 1.02. The molecule has 0 fully saturated rings. The fourth-order valence-electron chi connectivity index (χ4n) is 1.02. The smallest absolute Gasteiger partial charge is 0.328 e. The van der Waals surface area contributed by atoms with Gasteiger partial charge in [0.25, 0.3) is 0 Å². The molecule has 0 spiro atoms. The fraction of sp³-hybridized carbons (Fsp3) is 0.444. The number of rotatable bonds is 4. The third-order valence-corrected chi connectivity index (χ3v) is 1.80. The minimum Gasteiger partial charge on any atom is -0.467 e. The van der Waals surface area contributed by atoms with Gasteiger partial charge in [0.05, 0.1) is 7.11 Å². The number of ether oxygens (including phenoxy) is 1. The molecule has 15 heavy (non-hydrogen) atoms. The molecule has 1 atom stereocenters. The van der Waals surface area contributed by atoms with E-state index in [9.17, 15) is 4.79 Å². The van der Waals surface area contributed by atoms with Crippen LogP contribution in [0, 0.1) is 0 Å². The van der Waals surface area contributed by atoms with Crippen molar-refractivity contribution < 1.29 is 9.53 Å². The summed E-state index contributed by atoms with van der Waals surface area (Å²) in [5.74, 6) is 0.740. The summed E-state index contributed by atoms with van der Waals surface area (Å²) in [4.78, 5) is 19.2. The van der Waals surface area contributed by atoms with Crippen LogP contribution in [0.2, 0.25) is 0 Å². The van der Waals surface area contributed by atoms with Crippen molar-refractivity contribution in [3.8, 4) is 0 Å². The van der Waals surface area contributed by atoms with Crippen molar-refractivity contribution in [2.24, 2.45) is 0 Å². The lowest BCUT2D eigenvalue weighted by atomic mass is 10.3. The minimum absolute atomic E-state index is 0.334. The summed E-state index contributed by atoms with van der Waals surface area (Å²) in [6.45, 7) is 1.70. The number of aromatic nitrogens is 2. The number of methoxy groups -OCH3 is 1. The molecule has 2 N–H and O–H groups in total. The van der Waals surface area contributed by atoms with Crippen molar-refractivity contribution in [1.82, 2.24) is 9.97 Å². The Balaban J connectivity index is 2.67. The van der Waals surface area contributed by atoms with Crippen LogP contribution in [0.5, 0.6) is 0 Å². The highest BCUT2D eigenvalue weighted by molar-refractivity contribution is 5.78. The highest BCUT2D eigenvalue weighted by Gasteiger charge is 2.12. The van der Waals surface area contributed by atoms with E-state index in [1.807, 2.05) is 0 Å². The Morgan fingerprint density at radius 1 is 1.60 bits per heavy atom. The predicted molar refractivity (Wildman–Crippen MR) is 56.7 cm³/mol. The first-order valence-electron chi connectivity index (χ1n) is 4.52. The number of carbonyl (C=O) groups excluding carboxylic acids is 1. The Labute approximate surface area is 88.1 Å². The first-order chi connectivity index (χ1) is 7.17. The molecule has 0 saturated carbocycles. The van der Waals surface area contributed by atoms with Crippen LogP contribution in [0.15, 0.2) is 12.3 Å². The van der Waals surface area contributed by atoms with E-state index in [2.05, 4.69) is 25.3 Å². The maximum Gasteiger partial charge on any atom is 0.328 e. The molecule has 0 aliphatic carbocycles. The summed E-state index contributed by atoms with van der Waals surface area (Å²) < 4.78 is 4.58. The number of anilines is 2. The molecule has 1 unspecified atom stereocenters. The molecule has 6 heteroatoms. The summed E-state index contributed by atoms with van der Waals surface area (Å²) in [5.41, 5.74) is 0. The summed E-state index contributed by atoms with van der Waals surface area (Å²) in [6, 6.07) is 1.25. The quantitative estimate of drug-likeness (QED) is 0.704. The van der Waals surface area contributed by atoms with Gasteiger partial charge in [0.1, 0.15) is 11.9 Å². The van der Waals surface area contributed by atoms with Gasteiger partial charge in [-0.15, -0.1) is 0 Å². The molecule has 0 amide bonds. The zero-order valence-corrected chi connectivity index (χ0v) is 8.94. The van der Waals surface area contributed by atoms with E-state index in [1.54, 1.807) is 26.2 Å². The lowest BCUT2D eigenvalue weighted by molar-refractivity contribution is -0.141. The summed E-state index contributed by atoms with van der Waals surface area (Å²) >= 11 is 0. The van der Waals surface area contributed by atoms with Crippen LogP contribution in [0.25, 0.3) is 0 Å². The SMILES string of the molecule is CNc1nccc(NC(C)C(=O)OC)n1. The summed E-state index contributed by atoms with van der Waals surface area (Å²) in [7, 11) is 3.07. The van der Waals surface area contributed by atoms with E-state index in [4.69, 9.17) is 0 Å². The molecule has 0 aliphatic rings. The minimum atomic E-state index is -0.436. The van der Waals surface area contributed by atoms with Gasteiger partial charge in [-0.2, -0.15) is 4.98 Å². The third-order valence-electron chi connectivity index (χ3n) is 1.80. The van der Waals surface area contributed by atoms with Crippen LogP contribution in [0.4, 0.5) is 11.8 Å². The van der Waals surface area contributed by atoms with Crippen LogP contribution in [-0.4, -0.2) is 36.1 Å². The van der Waals surface area contributed by atoms with E-state index in [-0.39, 0.29) is 5.97 Å². The van der Waals surface area contributed by atoms with Crippen LogP contribution < -0.4 is 10.6 Å². The molecule has 0 aromatic carbocycles. The Morgan fingerprint density at radius 2 is 2.33 bits per heavy atom. The molecule has 1 aromatic heterocycles. The normalized spacial score (nSPS) is 11.7. The van der Waals surface area contributed by atoms with Gasteiger partial charge < -0.3 is 15.4 Å². The topological polar surface area (TPSA) is 76.1 Å². The van der Waals surface area contributed by atoms with Gasteiger partial charge in [-0.25, -0.2) is 9.78 Å². The predicted octanol–water partition coefficient (Wildman–Crippen LogP) is 0.492. The maximum atomic E-state index is 11.1. The van der Waals surface area contributed by atoms with Gasteiger partial charge >= 0.3 is 5.97 Å². The third kappa shape index (κ3) is 3.08. The van der Waals surface area contributed by atoms with Gasteiger partial charge in [-0.05, 0) is 13.0 Å². The molecular weight excluding hydrogens is 196 g/mol. The number of nitrogens with one attached hydrogen (secondary N) is 2. The van der Waals surface area contributed by atoms with Crippen molar-refractivity contribution in [1.29, 1.82) is 0 Å². The molecule has 0 bridgehead atoms. The van der Waals surface area contributed by atoms with Crippen molar-refractivity contribution in [3.05, 3.63) is 12.3 Å². The second-order valence-electron chi connectivity index (χ2n) is 2.90. The van der Waals surface area contributed by atoms with Gasteiger partial charge in [0.15, 0.2) is 0 Å². The Bertz CT molecular complexity index is 343. The first kappa shape index (κ1) is 11.2. The van der Waals surface area contributed by atoms with E-state index in [0.717, 1.165) is 0 Å². The second kappa shape index (κ2) is 5.14. The standard InChI is InChI=1S/C9H14N4O2/c1-6(8(14)15-3)12-7-4-5-11-9(10-2)13-7/h4-6H,1-3H3,(H2,10,11,12,13). The molecule has 1 aromatic rings. The number of carbonyl (C=O) groups is 1. The molecule has 1 rings (SSSR count). The van der Waals surface area contributed by atoms with Crippen molar-refractivity contribution in [3.63, 3.8) is 0 Å². The van der Waals surface area contributed by atoms with E-state index in [0.29, 0.717) is 11.8 Å². The zero-order chi connectivity index (χ0) is 11.3. The van der Waals surface area contributed by atoms with Gasteiger partial charge in [0, 0.05) is 13.2 Å². The highest BCUT2D eigenvalue weighted by atomic mass is 16.5. The van der Waals surface area contributed by atoms with Crippen LogP contribution in [-0.2, 0) is 9.53 Å². The number of esters is 1. The Hall–Kier alpha value is -1.85. The lowest BCUT2D eigenvalue weighted by Crippen LogP contribution is -2.27. The number of hydrogen-bond donors (Lipinski definition) is 2. The maximum absolute atomic E-state index is 11.1. The lowest BCUT2D eigenvalue weighted by Gasteiger charge is -2.12. The van der Waals surface area contributed by atoms with Crippen LogP contribution in [0.1, 0.15) is 6.92 Å². The number of nitrogens with zero attached hydrogens (tertiary/aromatic N) is 2. The Morgan fingerprint density at radius 3 is 2.93 bits per heavy atom. The average molecular weight is 210 g/mol. The second-order valence-corrected chi connectivity index (χ2v) is 2.90. The monoisotopic (exact) mass is 210 g/mol. The molecule has 0 radical (unpaired) electrons. The van der Waals surface area contributed by atoms with Crippen LogP contribution in [0.3, 0.4) is 0 Å². The highest BCUT2D eigenvalue weighted by Crippen LogP contribution is 2.06. The largest absolute Gasteiger partial charge is 0.467 e. The van der Waals surface area contributed by atoms with Crippen molar-refractivity contribution >= 4 is 17.7 Å². The average Bonchev–Trinajstić information content (AvgIpc) is 2.28. The number of hydrogen-bond acceptors (Lipinski definition) is 6. The van der Waals surface area contributed by atoms with E-state index in [1.165, 1.54) is 7.11 Å². The van der Waals surface area contributed by atoms with Gasteiger partial charge in [-0.3, -0.25) is 0 Å². The van der Waals surface area contributed by atoms with Crippen molar-refractivity contribution in [2.75, 3.05) is 24.8 Å². The van der Waals surface area contributed by atoms with Crippen molar-refractivity contribution in [2.45, 2.75) is 13.0 Å². The molecular formula is C9H14N4O2. The molecule has 0 aliphatic heterocycles. The van der Waals surface area contributed by atoms with Gasteiger partial charge in [0.2, 0.25) is 5.95 Å². The summed E-state index contributed by atoms with van der Waals surface area (Å²) in [6.07, 6.45) is 1.60. The molecule has 0 saturated heterocycles. The molecule has 1 heterocycles. The first-order valence-corrected chi connectivity index (χ1v) is 4.52. The molecule has 82 valence electrons. The van der Waals surface area contributed by atoms with E-state index >= 15 is 0 Å². The zero-order valence-electron chi connectivity index (χ0n) is 8.94. The summed E-state index contributed by atoms with van der Waals surface area (Å²) in [5, 5.41) is 5.71. The van der Waals surface area contributed by atoms with E-state index < -0.39 is 6.04 Å². The molecule has 6 nitrogen and oxygen atoms in total. The van der Waals surface area contributed by atoms with Gasteiger partial charge in [-0.1, -0.05) is 0 Å². The Kier molecular flexibility index (Phi) is 3.84.